The van der Waals surface area contributed by atoms with E-state index >= 15 is 0 Å². The number of amides is 1. The number of rotatable bonds is 11. The van der Waals surface area contributed by atoms with Gasteiger partial charge in [0.2, 0.25) is 6.04 Å². The van der Waals surface area contributed by atoms with Crippen LogP contribution in [0.2, 0.25) is 5.02 Å². The van der Waals surface area contributed by atoms with Gasteiger partial charge in [0.25, 0.3) is 5.91 Å². The topological polar surface area (TPSA) is 99.0 Å². The molecule has 2 aromatic carbocycles. The fraction of sp³-hybridized carbons (Fsp3) is 0.364. The first-order valence-corrected chi connectivity index (χ1v) is 10.7. The third-order valence-corrected chi connectivity index (χ3v) is 4.92. The standard InChI is InChI=1S/C22H25Cl2N3O6/c1-6-32-15-8-14(9-16(10-15)33-7-2)27(24)22(29)21(13(3)28)26-25-18-12-19(30-4)17(23)11-20(18)31-5/h8-12,21H,6-7H2,1-5H3. The van der Waals surface area contributed by atoms with Gasteiger partial charge in [0, 0.05) is 42.1 Å². The van der Waals surface area contributed by atoms with E-state index in [1.54, 1.807) is 18.2 Å². The molecule has 0 spiro atoms. The predicted molar refractivity (Wildman–Crippen MR) is 126 cm³/mol. The molecule has 0 saturated carbocycles. The molecule has 0 aromatic heterocycles. The van der Waals surface area contributed by atoms with Crippen LogP contribution in [0, 0.1) is 0 Å². The number of ether oxygens (including phenoxy) is 4. The Kier molecular flexibility index (Phi) is 9.74. The number of benzene rings is 2. The summed E-state index contributed by atoms with van der Waals surface area (Å²) < 4.78 is 22.2. The first kappa shape index (κ1) is 26.2. The Morgan fingerprint density at radius 1 is 0.970 bits per heavy atom. The Morgan fingerprint density at radius 2 is 1.55 bits per heavy atom. The fourth-order valence-electron chi connectivity index (χ4n) is 2.75. The number of nitrogens with zero attached hydrogens (tertiary/aromatic N) is 3. The van der Waals surface area contributed by atoms with Crippen molar-refractivity contribution >= 4 is 46.4 Å². The molecule has 2 aromatic rings. The van der Waals surface area contributed by atoms with Crippen LogP contribution in [0.25, 0.3) is 0 Å². The largest absolute Gasteiger partial charge is 0.495 e. The summed E-state index contributed by atoms with van der Waals surface area (Å²) in [7, 11) is 2.86. The molecule has 33 heavy (non-hydrogen) atoms. The van der Waals surface area contributed by atoms with Gasteiger partial charge in [0.05, 0.1) is 38.1 Å². The summed E-state index contributed by atoms with van der Waals surface area (Å²) in [6.45, 7) is 5.67. The molecule has 0 aliphatic carbocycles. The van der Waals surface area contributed by atoms with Gasteiger partial charge in [0.15, 0.2) is 5.78 Å². The van der Waals surface area contributed by atoms with Crippen LogP contribution in [0.15, 0.2) is 40.6 Å². The molecular formula is C22H25Cl2N3O6. The summed E-state index contributed by atoms with van der Waals surface area (Å²) >= 11 is 12.4. The minimum Gasteiger partial charge on any atom is -0.495 e. The van der Waals surface area contributed by atoms with E-state index in [9.17, 15) is 9.59 Å². The Labute approximate surface area is 202 Å². The van der Waals surface area contributed by atoms with Gasteiger partial charge in [-0.25, -0.2) is 4.42 Å². The van der Waals surface area contributed by atoms with Gasteiger partial charge in [-0.3, -0.25) is 9.59 Å². The Morgan fingerprint density at radius 3 is 2.03 bits per heavy atom. The van der Waals surface area contributed by atoms with E-state index in [0.29, 0.717) is 35.5 Å². The third kappa shape index (κ3) is 6.72. The zero-order valence-electron chi connectivity index (χ0n) is 18.9. The van der Waals surface area contributed by atoms with Crippen LogP contribution in [0.1, 0.15) is 20.8 Å². The first-order valence-electron chi connectivity index (χ1n) is 9.98. The van der Waals surface area contributed by atoms with Crippen molar-refractivity contribution in [2.24, 2.45) is 10.2 Å². The highest BCUT2D eigenvalue weighted by molar-refractivity contribution is 6.39. The van der Waals surface area contributed by atoms with Crippen LogP contribution in [-0.2, 0) is 9.59 Å². The Balaban J connectivity index is 2.39. The number of hydrogen-bond acceptors (Lipinski definition) is 8. The highest BCUT2D eigenvalue weighted by Gasteiger charge is 2.29. The van der Waals surface area contributed by atoms with Crippen LogP contribution >= 0.6 is 23.4 Å². The van der Waals surface area contributed by atoms with Gasteiger partial charge in [-0.2, -0.15) is 10.2 Å². The second kappa shape index (κ2) is 12.3. The minimum atomic E-state index is -1.50. The van der Waals surface area contributed by atoms with Crippen LogP contribution in [-0.4, -0.2) is 45.2 Å². The molecule has 0 N–H and O–H groups in total. The molecule has 0 bridgehead atoms. The number of carbonyl (C=O) groups is 2. The number of hydrogen-bond donors (Lipinski definition) is 0. The summed E-state index contributed by atoms with van der Waals surface area (Å²) in [6.07, 6.45) is 0. The van der Waals surface area contributed by atoms with E-state index in [1.807, 2.05) is 13.8 Å². The first-order chi connectivity index (χ1) is 15.7. The second-order valence-corrected chi connectivity index (χ2v) is 7.28. The van der Waals surface area contributed by atoms with Gasteiger partial charge in [0.1, 0.15) is 28.7 Å². The normalized spacial score (nSPS) is 11.7. The molecular weight excluding hydrogens is 473 g/mol. The molecule has 0 aliphatic rings. The smallest absolute Gasteiger partial charge is 0.276 e. The maximum absolute atomic E-state index is 13.0. The monoisotopic (exact) mass is 497 g/mol. The minimum absolute atomic E-state index is 0.218. The van der Waals surface area contributed by atoms with E-state index in [2.05, 4.69) is 10.2 Å². The molecule has 1 amide bonds. The number of methoxy groups -OCH3 is 2. The van der Waals surface area contributed by atoms with Crippen molar-refractivity contribution in [2.75, 3.05) is 31.9 Å². The number of ketones is 1. The number of Topliss-reactive ketones (excluding diaryl/α,β-unsaturated/α-hetero) is 1. The lowest BCUT2D eigenvalue weighted by Gasteiger charge is -2.19. The average Bonchev–Trinajstić information content (AvgIpc) is 2.79. The molecule has 178 valence electrons. The van der Waals surface area contributed by atoms with E-state index in [-0.39, 0.29) is 17.1 Å². The van der Waals surface area contributed by atoms with Crippen molar-refractivity contribution in [3.05, 3.63) is 35.4 Å². The summed E-state index contributed by atoms with van der Waals surface area (Å²) in [5.41, 5.74) is 0.471. The van der Waals surface area contributed by atoms with Crippen LogP contribution in [0.5, 0.6) is 23.0 Å². The van der Waals surface area contributed by atoms with E-state index in [0.717, 1.165) is 4.42 Å². The highest BCUT2D eigenvalue weighted by Crippen LogP contribution is 2.38. The summed E-state index contributed by atoms with van der Waals surface area (Å²) in [4.78, 5) is 25.3. The molecule has 11 heteroatoms. The van der Waals surface area contributed by atoms with E-state index in [1.165, 1.54) is 33.3 Å². The van der Waals surface area contributed by atoms with Gasteiger partial charge in [-0.1, -0.05) is 11.6 Å². The van der Waals surface area contributed by atoms with Crippen molar-refractivity contribution in [1.29, 1.82) is 0 Å². The SMILES string of the molecule is CCOc1cc(OCC)cc(N(Cl)C(=O)C(N=Nc2cc(OC)c(Cl)cc2OC)C(C)=O)c1. The summed E-state index contributed by atoms with van der Waals surface area (Å²) in [5, 5.41) is 8.26. The molecule has 0 fully saturated rings. The molecule has 0 heterocycles. The Hall–Kier alpha value is -3.04. The lowest BCUT2D eigenvalue weighted by molar-refractivity contribution is -0.126. The van der Waals surface area contributed by atoms with Gasteiger partial charge in [-0.15, -0.1) is 0 Å². The Bertz CT molecular complexity index is 1010. The van der Waals surface area contributed by atoms with E-state index < -0.39 is 17.7 Å². The fourth-order valence-corrected chi connectivity index (χ4v) is 3.17. The highest BCUT2D eigenvalue weighted by atomic mass is 35.5. The average molecular weight is 498 g/mol. The molecule has 9 nitrogen and oxygen atoms in total. The number of anilines is 1. The van der Waals surface area contributed by atoms with Crippen molar-refractivity contribution < 1.29 is 28.5 Å². The zero-order chi connectivity index (χ0) is 24.5. The van der Waals surface area contributed by atoms with Gasteiger partial charge in [-0.05, 0) is 20.8 Å². The molecule has 1 atom stereocenters. The van der Waals surface area contributed by atoms with Crippen LogP contribution < -0.4 is 23.4 Å². The maximum atomic E-state index is 13.0. The number of azo groups is 1. The van der Waals surface area contributed by atoms with Crippen molar-refractivity contribution in [3.63, 3.8) is 0 Å². The lowest BCUT2D eigenvalue weighted by atomic mass is 10.2. The van der Waals surface area contributed by atoms with Gasteiger partial charge >= 0.3 is 0 Å². The summed E-state index contributed by atoms with van der Waals surface area (Å²) in [6, 6.07) is 6.25. The quantitative estimate of drug-likeness (QED) is 0.234. The molecule has 0 radical (unpaired) electrons. The molecule has 0 aliphatic heterocycles. The lowest BCUT2D eigenvalue weighted by Crippen LogP contribution is -2.36. The molecule has 1 unspecified atom stereocenters. The van der Waals surface area contributed by atoms with Crippen molar-refractivity contribution in [2.45, 2.75) is 26.8 Å². The second-order valence-electron chi connectivity index (χ2n) is 6.53. The molecule has 0 saturated heterocycles. The van der Waals surface area contributed by atoms with Crippen LogP contribution in [0.3, 0.4) is 0 Å². The number of halogens is 2. The predicted octanol–water partition coefficient (Wildman–Crippen LogP) is 5.38. The molecule has 2 rings (SSSR count). The van der Waals surface area contributed by atoms with Crippen LogP contribution in [0.4, 0.5) is 11.4 Å². The van der Waals surface area contributed by atoms with E-state index in [4.69, 9.17) is 42.3 Å². The maximum Gasteiger partial charge on any atom is 0.276 e. The van der Waals surface area contributed by atoms with Crippen molar-refractivity contribution in [3.8, 4) is 23.0 Å². The number of carbonyl (C=O) groups excluding carboxylic acids is 2. The third-order valence-electron chi connectivity index (χ3n) is 4.26. The van der Waals surface area contributed by atoms with Crippen molar-refractivity contribution in [1.82, 2.24) is 0 Å². The zero-order valence-corrected chi connectivity index (χ0v) is 20.4. The van der Waals surface area contributed by atoms with Gasteiger partial charge < -0.3 is 18.9 Å². The summed E-state index contributed by atoms with van der Waals surface area (Å²) in [5.74, 6) is 0.163.